The molecule has 0 amide bonds. The van der Waals surface area contributed by atoms with Gasteiger partial charge in [0.1, 0.15) is 6.10 Å². The summed E-state index contributed by atoms with van der Waals surface area (Å²) in [4.78, 5) is 35.7. The summed E-state index contributed by atoms with van der Waals surface area (Å²) in [6.07, 6.45) is -3.27. The van der Waals surface area contributed by atoms with E-state index in [-0.39, 0.29) is 18.6 Å². The fourth-order valence-electron chi connectivity index (χ4n) is 2.71. The number of carbonyl (C=O) groups excluding carboxylic acids is 3. The van der Waals surface area contributed by atoms with E-state index >= 15 is 0 Å². The second-order valence-electron chi connectivity index (χ2n) is 7.25. The van der Waals surface area contributed by atoms with Gasteiger partial charge in [-0.25, -0.2) is 14.4 Å². The molecule has 0 heterocycles. The van der Waals surface area contributed by atoms with Crippen LogP contribution in [0.5, 0.6) is 0 Å². The van der Waals surface area contributed by atoms with Crippen LogP contribution in [0.25, 0.3) is 0 Å². The topological polar surface area (TPSA) is 107 Å². The molecule has 3 unspecified atom stereocenters. The predicted molar refractivity (Wildman–Crippen MR) is 104 cm³/mol. The van der Waals surface area contributed by atoms with Gasteiger partial charge in [-0.05, 0) is 39.5 Å². The Hall–Kier alpha value is -2.19. The maximum atomic E-state index is 12.3. The van der Waals surface area contributed by atoms with Crippen molar-refractivity contribution in [3.63, 3.8) is 0 Å². The third-order valence-corrected chi connectivity index (χ3v) is 4.34. The minimum Gasteiger partial charge on any atom is -0.434 e. The summed E-state index contributed by atoms with van der Waals surface area (Å²) in [7, 11) is 0. The highest BCUT2D eigenvalue weighted by atomic mass is 16.8. The molecule has 0 aromatic rings. The van der Waals surface area contributed by atoms with E-state index < -0.39 is 36.5 Å². The molecule has 3 atom stereocenters. The maximum absolute atomic E-state index is 12.3. The summed E-state index contributed by atoms with van der Waals surface area (Å²) in [5.74, 6) is -0.211. The maximum Gasteiger partial charge on any atom is 0.512 e. The molecule has 0 aromatic carbocycles. The Morgan fingerprint density at radius 3 is 1.86 bits per heavy atom. The molecule has 0 radical (unpaired) electrons. The minimum atomic E-state index is -1.21. The van der Waals surface area contributed by atoms with E-state index in [1.165, 1.54) is 6.92 Å². The summed E-state index contributed by atoms with van der Waals surface area (Å²) in [6, 6.07) is 0. The molecule has 0 aliphatic heterocycles. The van der Waals surface area contributed by atoms with Crippen molar-refractivity contribution in [2.75, 3.05) is 6.61 Å². The van der Waals surface area contributed by atoms with Gasteiger partial charge >= 0.3 is 18.5 Å². The number of ether oxygens (including phenoxy) is 6. The van der Waals surface area contributed by atoms with Crippen LogP contribution in [0.4, 0.5) is 14.4 Å². The van der Waals surface area contributed by atoms with Crippen molar-refractivity contribution in [3.8, 4) is 0 Å². The van der Waals surface area contributed by atoms with Gasteiger partial charge in [0.05, 0.1) is 12.7 Å². The molecule has 0 aliphatic rings. The summed E-state index contributed by atoms with van der Waals surface area (Å²) < 4.78 is 30.5. The second kappa shape index (κ2) is 13.1. The molecule has 9 heteroatoms. The van der Waals surface area contributed by atoms with Gasteiger partial charge in [0.15, 0.2) is 5.60 Å². The monoisotopic (exact) mass is 420 g/mol. The van der Waals surface area contributed by atoms with Gasteiger partial charge in [0.25, 0.3) is 6.29 Å². The van der Waals surface area contributed by atoms with E-state index in [0.717, 1.165) is 6.42 Å². The van der Waals surface area contributed by atoms with Crippen molar-refractivity contribution < 1.29 is 42.8 Å². The largest absolute Gasteiger partial charge is 0.512 e. The quantitative estimate of drug-likeness (QED) is 0.193. The van der Waals surface area contributed by atoms with Gasteiger partial charge < -0.3 is 28.4 Å². The third kappa shape index (κ3) is 9.71. The van der Waals surface area contributed by atoms with Crippen molar-refractivity contribution in [1.29, 1.82) is 0 Å². The van der Waals surface area contributed by atoms with Crippen LogP contribution < -0.4 is 0 Å². The van der Waals surface area contributed by atoms with Crippen LogP contribution in [0, 0.1) is 5.92 Å². The molecule has 29 heavy (non-hydrogen) atoms. The summed E-state index contributed by atoms with van der Waals surface area (Å²) in [6.45, 7) is 14.0. The third-order valence-electron chi connectivity index (χ3n) is 4.34. The first-order chi connectivity index (χ1) is 13.5. The molecule has 0 spiro atoms. The van der Waals surface area contributed by atoms with E-state index in [0.29, 0.717) is 12.8 Å². The molecule has 0 fully saturated rings. The fraction of sp³-hybridized carbons (Fsp3) is 0.850. The van der Waals surface area contributed by atoms with Gasteiger partial charge in [-0.2, -0.15) is 0 Å². The number of unbranched alkanes of at least 4 members (excludes halogenated alkanes) is 1. The highest BCUT2D eigenvalue weighted by Crippen LogP contribution is 2.32. The van der Waals surface area contributed by atoms with E-state index in [1.807, 2.05) is 20.8 Å². The summed E-state index contributed by atoms with van der Waals surface area (Å²) in [5, 5.41) is 0. The lowest BCUT2D eigenvalue weighted by atomic mass is 9.83. The predicted octanol–water partition coefficient (Wildman–Crippen LogP) is 5.19. The van der Waals surface area contributed by atoms with Gasteiger partial charge in [0.2, 0.25) is 0 Å². The first kappa shape index (κ1) is 26.8. The SMILES string of the molecule is CCCCOC(=O)OC(C)OC(=O)OC(CC)(C(C)C)C(C)OC(=O)OC(C)C. The molecule has 0 rings (SSSR count). The molecule has 0 aliphatic carbocycles. The van der Waals surface area contributed by atoms with Gasteiger partial charge in [0, 0.05) is 6.92 Å². The Labute approximate surface area is 173 Å². The lowest BCUT2D eigenvalue weighted by Gasteiger charge is -2.39. The van der Waals surface area contributed by atoms with E-state index in [9.17, 15) is 14.4 Å². The van der Waals surface area contributed by atoms with Crippen LogP contribution in [0.2, 0.25) is 0 Å². The van der Waals surface area contributed by atoms with Crippen LogP contribution in [-0.2, 0) is 28.4 Å². The lowest BCUT2D eigenvalue weighted by Crippen LogP contribution is -2.51. The molecule has 9 nitrogen and oxygen atoms in total. The number of rotatable bonds is 11. The van der Waals surface area contributed by atoms with Crippen molar-refractivity contribution in [1.82, 2.24) is 0 Å². The Morgan fingerprint density at radius 2 is 1.38 bits per heavy atom. The Morgan fingerprint density at radius 1 is 0.793 bits per heavy atom. The summed E-state index contributed by atoms with van der Waals surface area (Å²) >= 11 is 0. The standard InChI is InChI=1S/C20H36O9/c1-9-11-12-24-17(21)27-16(8)28-19(23)29-20(10-2,13(3)4)15(7)26-18(22)25-14(5)6/h13-16H,9-12H2,1-8H3. The molecular formula is C20H36O9. The molecule has 0 N–H and O–H groups in total. The zero-order valence-corrected chi connectivity index (χ0v) is 18.8. The molecule has 0 saturated heterocycles. The fourth-order valence-corrected chi connectivity index (χ4v) is 2.71. The van der Waals surface area contributed by atoms with Crippen LogP contribution in [0.1, 0.15) is 74.7 Å². The molecule has 170 valence electrons. The average molecular weight is 420 g/mol. The smallest absolute Gasteiger partial charge is 0.434 e. The normalized spacial score (nSPS) is 15.1. The van der Waals surface area contributed by atoms with Crippen LogP contribution in [0.3, 0.4) is 0 Å². The molecule has 0 aromatic heterocycles. The zero-order valence-electron chi connectivity index (χ0n) is 18.8. The number of carbonyl (C=O) groups is 3. The van der Waals surface area contributed by atoms with Crippen molar-refractivity contribution >= 4 is 18.5 Å². The highest BCUT2D eigenvalue weighted by Gasteiger charge is 2.45. The zero-order chi connectivity index (χ0) is 22.6. The second-order valence-corrected chi connectivity index (χ2v) is 7.25. The van der Waals surface area contributed by atoms with E-state index in [4.69, 9.17) is 28.4 Å². The van der Waals surface area contributed by atoms with Crippen LogP contribution in [-0.4, -0.2) is 49.2 Å². The van der Waals surface area contributed by atoms with Gasteiger partial charge in [-0.1, -0.05) is 34.1 Å². The molecule has 0 bridgehead atoms. The lowest BCUT2D eigenvalue weighted by molar-refractivity contribution is -0.158. The first-order valence-electron chi connectivity index (χ1n) is 10.1. The Balaban J connectivity index is 4.93. The highest BCUT2D eigenvalue weighted by molar-refractivity contribution is 5.63. The summed E-state index contributed by atoms with van der Waals surface area (Å²) in [5.41, 5.74) is -1.16. The van der Waals surface area contributed by atoms with E-state index in [1.54, 1.807) is 27.7 Å². The first-order valence-corrected chi connectivity index (χ1v) is 10.1. The number of hydrogen-bond acceptors (Lipinski definition) is 9. The Bertz CT molecular complexity index is 518. The van der Waals surface area contributed by atoms with Crippen LogP contribution >= 0.6 is 0 Å². The van der Waals surface area contributed by atoms with Crippen molar-refractivity contribution in [2.24, 2.45) is 5.92 Å². The molecular weight excluding hydrogens is 384 g/mol. The Kier molecular flexibility index (Phi) is 12.1. The molecule has 0 saturated carbocycles. The van der Waals surface area contributed by atoms with Crippen molar-refractivity contribution in [3.05, 3.63) is 0 Å². The van der Waals surface area contributed by atoms with Gasteiger partial charge in [-0.15, -0.1) is 0 Å². The van der Waals surface area contributed by atoms with Crippen LogP contribution in [0.15, 0.2) is 0 Å². The average Bonchev–Trinajstić information content (AvgIpc) is 2.58. The van der Waals surface area contributed by atoms with E-state index in [2.05, 4.69) is 0 Å². The minimum absolute atomic E-state index is 0.211. The number of hydrogen-bond donors (Lipinski definition) is 0. The van der Waals surface area contributed by atoms with Crippen molar-refractivity contribution in [2.45, 2.75) is 98.8 Å². The van der Waals surface area contributed by atoms with Gasteiger partial charge in [-0.3, -0.25) is 0 Å².